The number of nitriles is 1. The van der Waals surface area contributed by atoms with E-state index in [9.17, 15) is 0 Å². The molecule has 68 valence electrons. The zero-order valence-corrected chi connectivity index (χ0v) is 7.71. The lowest BCUT2D eigenvalue weighted by Crippen LogP contribution is -2.41. The van der Waals surface area contributed by atoms with E-state index < -0.39 is 0 Å². The van der Waals surface area contributed by atoms with E-state index in [2.05, 4.69) is 18.3 Å². The third-order valence-corrected chi connectivity index (χ3v) is 2.16. The Morgan fingerprint density at radius 2 is 2.42 bits per heavy atom. The molecular formula is C9H16N2O. The maximum Gasteiger partial charge on any atom is 0.0926 e. The summed E-state index contributed by atoms with van der Waals surface area (Å²) in [4.78, 5) is 0. The molecule has 0 spiro atoms. The summed E-state index contributed by atoms with van der Waals surface area (Å²) in [6.45, 7) is 4.78. The second kappa shape index (κ2) is 4.44. The van der Waals surface area contributed by atoms with Crippen LogP contribution in [0.4, 0.5) is 0 Å². The first-order valence-corrected chi connectivity index (χ1v) is 4.49. The highest BCUT2D eigenvalue weighted by Gasteiger charge is 2.19. The molecule has 0 aromatic heterocycles. The monoisotopic (exact) mass is 168 g/mol. The van der Waals surface area contributed by atoms with Crippen LogP contribution in [0.25, 0.3) is 0 Å². The van der Waals surface area contributed by atoms with Gasteiger partial charge in [-0.3, -0.25) is 5.32 Å². The van der Waals surface area contributed by atoms with Crippen molar-refractivity contribution >= 4 is 0 Å². The summed E-state index contributed by atoms with van der Waals surface area (Å²) in [6.07, 6.45) is 2.38. The smallest absolute Gasteiger partial charge is 0.0926 e. The third-order valence-electron chi connectivity index (χ3n) is 2.16. The van der Waals surface area contributed by atoms with E-state index in [1.54, 1.807) is 0 Å². The molecule has 1 aliphatic rings. The molecular weight excluding hydrogens is 152 g/mol. The van der Waals surface area contributed by atoms with Gasteiger partial charge in [0.05, 0.1) is 18.2 Å². The highest BCUT2D eigenvalue weighted by Crippen LogP contribution is 2.13. The molecule has 0 aromatic carbocycles. The first kappa shape index (κ1) is 9.50. The van der Waals surface area contributed by atoms with Crippen molar-refractivity contribution in [3.63, 3.8) is 0 Å². The second-order valence-corrected chi connectivity index (χ2v) is 3.42. The Kier molecular flexibility index (Phi) is 3.51. The molecule has 3 atom stereocenters. The minimum atomic E-state index is -0.0414. The fraction of sp³-hybridized carbons (Fsp3) is 0.889. The summed E-state index contributed by atoms with van der Waals surface area (Å²) in [5, 5.41) is 11.8. The van der Waals surface area contributed by atoms with E-state index in [4.69, 9.17) is 10.00 Å². The molecule has 3 unspecified atom stereocenters. The van der Waals surface area contributed by atoms with E-state index in [1.807, 2.05) is 6.92 Å². The van der Waals surface area contributed by atoms with Crippen molar-refractivity contribution in [1.82, 2.24) is 5.32 Å². The van der Waals surface area contributed by atoms with Crippen LogP contribution in [-0.4, -0.2) is 24.8 Å². The van der Waals surface area contributed by atoms with Gasteiger partial charge in [0.2, 0.25) is 0 Å². The van der Waals surface area contributed by atoms with Crippen molar-refractivity contribution in [2.24, 2.45) is 0 Å². The van der Waals surface area contributed by atoms with E-state index >= 15 is 0 Å². The van der Waals surface area contributed by atoms with Crippen molar-refractivity contribution in [2.45, 2.75) is 44.9 Å². The molecule has 12 heavy (non-hydrogen) atoms. The number of nitrogens with zero attached hydrogens (tertiary/aromatic N) is 1. The molecule has 0 saturated carbocycles. The lowest BCUT2D eigenvalue weighted by molar-refractivity contribution is 0.0126. The maximum atomic E-state index is 8.59. The van der Waals surface area contributed by atoms with Crippen LogP contribution in [-0.2, 0) is 4.74 Å². The van der Waals surface area contributed by atoms with E-state index in [0.717, 1.165) is 19.4 Å². The second-order valence-electron chi connectivity index (χ2n) is 3.42. The van der Waals surface area contributed by atoms with Gasteiger partial charge in [-0.25, -0.2) is 0 Å². The topological polar surface area (TPSA) is 45.0 Å². The third kappa shape index (κ3) is 2.80. The minimum absolute atomic E-state index is 0.0414. The van der Waals surface area contributed by atoms with Crippen molar-refractivity contribution in [1.29, 1.82) is 5.26 Å². The Bertz CT molecular complexity index is 176. The van der Waals surface area contributed by atoms with Crippen LogP contribution in [0.1, 0.15) is 26.7 Å². The highest BCUT2D eigenvalue weighted by atomic mass is 16.5. The molecule has 0 aromatic rings. The molecule has 1 fully saturated rings. The fourth-order valence-corrected chi connectivity index (χ4v) is 1.54. The SMILES string of the molecule is CC(C#N)NC1CCOC(C)C1. The normalized spacial score (nSPS) is 32.4. The van der Waals surface area contributed by atoms with Gasteiger partial charge in [-0.2, -0.15) is 5.26 Å². The predicted molar refractivity (Wildman–Crippen MR) is 46.6 cm³/mol. The van der Waals surface area contributed by atoms with Gasteiger partial charge in [0.25, 0.3) is 0 Å². The Balaban J connectivity index is 2.28. The largest absolute Gasteiger partial charge is 0.378 e. The summed E-state index contributed by atoms with van der Waals surface area (Å²) in [5.74, 6) is 0. The Morgan fingerprint density at radius 3 is 3.00 bits per heavy atom. The first-order chi connectivity index (χ1) is 5.72. The minimum Gasteiger partial charge on any atom is -0.378 e. The molecule has 1 N–H and O–H groups in total. The summed E-state index contributed by atoms with van der Waals surface area (Å²) < 4.78 is 5.40. The first-order valence-electron chi connectivity index (χ1n) is 4.49. The average molecular weight is 168 g/mol. The number of nitrogens with one attached hydrogen (secondary N) is 1. The molecule has 0 bridgehead atoms. The zero-order valence-electron chi connectivity index (χ0n) is 7.71. The lowest BCUT2D eigenvalue weighted by Gasteiger charge is -2.28. The van der Waals surface area contributed by atoms with Crippen LogP contribution >= 0.6 is 0 Å². The molecule has 3 nitrogen and oxygen atoms in total. The van der Waals surface area contributed by atoms with Gasteiger partial charge < -0.3 is 4.74 Å². The summed E-state index contributed by atoms with van der Waals surface area (Å²) in [6, 6.07) is 2.60. The van der Waals surface area contributed by atoms with Gasteiger partial charge in [-0.05, 0) is 26.7 Å². The van der Waals surface area contributed by atoms with Gasteiger partial charge in [-0.1, -0.05) is 0 Å². The molecule has 3 heteroatoms. The lowest BCUT2D eigenvalue weighted by atomic mass is 10.0. The van der Waals surface area contributed by atoms with E-state index in [-0.39, 0.29) is 6.04 Å². The van der Waals surface area contributed by atoms with E-state index in [0.29, 0.717) is 12.1 Å². The van der Waals surface area contributed by atoms with Crippen LogP contribution < -0.4 is 5.32 Å². The van der Waals surface area contributed by atoms with Crippen molar-refractivity contribution in [3.8, 4) is 6.07 Å². The fourth-order valence-electron chi connectivity index (χ4n) is 1.54. The Hall–Kier alpha value is -0.590. The number of rotatable bonds is 2. The molecule has 1 heterocycles. The number of hydrogen-bond acceptors (Lipinski definition) is 3. The quantitative estimate of drug-likeness (QED) is 0.670. The van der Waals surface area contributed by atoms with Crippen LogP contribution in [0.15, 0.2) is 0 Å². The summed E-state index contributed by atoms with van der Waals surface area (Å²) in [7, 11) is 0. The van der Waals surface area contributed by atoms with Crippen LogP contribution in [0.5, 0.6) is 0 Å². The van der Waals surface area contributed by atoms with Gasteiger partial charge >= 0.3 is 0 Å². The zero-order chi connectivity index (χ0) is 8.97. The van der Waals surface area contributed by atoms with E-state index in [1.165, 1.54) is 0 Å². The number of hydrogen-bond donors (Lipinski definition) is 1. The molecule has 0 aliphatic carbocycles. The Morgan fingerprint density at radius 1 is 1.67 bits per heavy atom. The van der Waals surface area contributed by atoms with Crippen LogP contribution in [0, 0.1) is 11.3 Å². The summed E-state index contributed by atoms with van der Waals surface area (Å²) >= 11 is 0. The average Bonchev–Trinajstić information content (AvgIpc) is 2.04. The van der Waals surface area contributed by atoms with Gasteiger partial charge in [0.15, 0.2) is 0 Å². The van der Waals surface area contributed by atoms with Crippen LogP contribution in [0.3, 0.4) is 0 Å². The maximum absolute atomic E-state index is 8.59. The number of ether oxygens (including phenoxy) is 1. The molecule has 1 aliphatic heterocycles. The Labute approximate surface area is 73.7 Å². The van der Waals surface area contributed by atoms with Crippen molar-refractivity contribution in [2.75, 3.05) is 6.61 Å². The van der Waals surface area contributed by atoms with Crippen molar-refractivity contribution in [3.05, 3.63) is 0 Å². The molecule has 1 rings (SSSR count). The molecule has 1 saturated heterocycles. The standard InChI is InChI=1S/C9H16N2O/c1-7(6-10)11-9-3-4-12-8(2)5-9/h7-9,11H,3-5H2,1-2H3. The van der Waals surface area contributed by atoms with Gasteiger partial charge in [0.1, 0.15) is 0 Å². The molecule has 0 radical (unpaired) electrons. The predicted octanol–water partition coefficient (Wildman–Crippen LogP) is 1.06. The van der Waals surface area contributed by atoms with Crippen LogP contribution in [0.2, 0.25) is 0 Å². The van der Waals surface area contributed by atoms with Crippen molar-refractivity contribution < 1.29 is 4.74 Å². The molecule has 0 amide bonds. The summed E-state index contributed by atoms with van der Waals surface area (Å²) in [5.41, 5.74) is 0. The highest BCUT2D eigenvalue weighted by molar-refractivity contribution is 4.89. The van der Waals surface area contributed by atoms with Gasteiger partial charge in [0, 0.05) is 12.6 Å². The van der Waals surface area contributed by atoms with Gasteiger partial charge in [-0.15, -0.1) is 0 Å².